The molecule has 0 amide bonds. The highest BCUT2D eigenvalue weighted by Gasteiger charge is 2.16. The predicted molar refractivity (Wildman–Crippen MR) is 95.8 cm³/mol. The van der Waals surface area contributed by atoms with Gasteiger partial charge in [-0.1, -0.05) is 23.8 Å². The van der Waals surface area contributed by atoms with Crippen LogP contribution in [-0.2, 0) is 13.6 Å². The number of hydrogen-bond acceptors (Lipinski definition) is 3. The second-order valence-corrected chi connectivity index (χ2v) is 6.45. The van der Waals surface area contributed by atoms with Crippen LogP contribution in [0.3, 0.4) is 0 Å². The van der Waals surface area contributed by atoms with Crippen molar-refractivity contribution in [1.29, 1.82) is 0 Å². The van der Waals surface area contributed by atoms with Crippen molar-refractivity contribution in [1.82, 2.24) is 14.5 Å². The Kier molecular flexibility index (Phi) is 4.82. The highest BCUT2D eigenvalue weighted by Crippen LogP contribution is 2.14. The monoisotopic (exact) mass is 310 g/mol. The van der Waals surface area contributed by atoms with Gasteiger partial charge in [-0.15, -0.1) is 0 Å². The minimum atomic E-state index is 0.992. The molecule has 0 saturated carbocycles. The molecule has 0 atom stereocenters. The van der Waals surface area contributed by atoms with Crippen molar-refractivity contribution in [3.05, 3.63) is 58.9 Å². The summed E-state index contributed by atoms with van der Waals surface area (Å²) in [5.41, 5.74) is 5.32. The minimum absolute atomic E-state index is 0.992. The van der Waals surface area contributed by atoms with Crippen molar-refractivity contribution in [3.63, 3.8) is 0 Å². The third-order valence-electron chi connectivity index (χ3n) is 4.58. The summed E-state index contributed by atoms with van der Waals surface area (Å²) in [7, 11) is 2.04. The fraction of sp³-hybridized carbons (Fsp3) is 0.421. The summed E-state index contributed by atoms with van der Waals surface area (Å²) in [4.78, 5) is 2.52. The summed E-state index contributed by atoms with van der Waals surface area (Å²) in [5.74, 6) is 0. The predicted octanol–water partition coefficient (Wildman–Crippen LogP) is 2.79. The van der Waals surface area contributed by atoms with Gasteiger partial charge in [0.25, 0.3) is 0 Å². The lowest BCUT2D eigenvalue weighted by molar-refractivity contribution is 0.131. The van der Waals surface area contributed by atoms with Crippen LogP contribution in [0.2, 0.25) is 0 Å². The average molecular weight is 310 g/mol. The Morgan fingerprint density at radius 1 is 1.09 bits per heavy atom. The molecule has 1 aromatic heterocycles. The van der Waals surface area contributed by atoms with Gasteiger partial charge in [-0.3, -0.25) is 9.91 Å². The maximum absolute atomic E-state index is 4.62. The average Bonchev–Trinajstić information content (AvgIpc) is 2.95. The van der Waals surface area contributed by atoms with E-state index in [9.17, 15) is 0 Å². The molecule has 122 valence electrons. The van der Waals surface area contributed by atoms with Gasteiger partial charge in [0, 0.05) is 46.0 Å². The van der Waals surface area contributed by atoms with Crippen LogP contribution >= 0.6 is 0 Å². The highest BCUT2D eigenvalue weighted by atomic mass is 15.5. The number of aryl methyl sites for hydroxylation is 3. The van der Waals surface area contributed by atoms with Crippen molar-refractivity contribution >= 4 is 6.21 Å². The third-order valence-corrected chi connectivity index (χ3v) is 4.58. The number of hydrazone groups is 1. The van der Waals surface area contributed by atoms with E-state index < -0.39 is 0 Å². The normalized spacial score (nSPS) is 16.4. The van der Waals surface area contributed by atoms with Crippen molar-refractivity contribution in [2.75, 3.05) is 26.2 Å². The minimum Gasteiger partial charge on any atom is -0.350 e. The van der Waals surface area contributed by atoms with E-state index in [2.05, 4.69) is 57.7 Å². The van der Waals surface area contributed by atoms with Gasteiger partial charge in [-0.25, -0.2) is 0 Å². The van der Waals surface area contributed by atoms with Crippen molar-refractivity contribution < 1.29 is 0 Å². The summed E-state index contributed by atoms with van der Waals surface area (Å²) in [6, 6.07) is 10.9. The first kappa shape index (κ1) is 15.8. The molecular formula is C19H26N4. The summed E-state index contributed by atoms with van der Waals surface area (Å²) < 4.78 is 2.08. The number of rotatable bonds is 4. The van der Waals surface area contributed by atoms with Crippen LogP contribution in [0.25, 0.3) is 0 Å². The van der Waals surface area contributed by atoms with Crippen LogP contribution in [0.1, 0.15) is 22.4 Å². The Bertz CT molecular complexity index is 678. The topological polar surface area (TPSA) is 23.8 Å². The summed E-state index contributed by atoms with van der Waals surface area (Å²) in [6.07, 6.45) is 4.00. The number of aromatic nitrogens is 1. The molecule has 0 bridgehead atoms. The first-order chi connectivity index (χ1) is 11.1. The van der Waals surface area contributed by atoms with E-state index in [1.54, 1.807) is 0 Å². The Balaban J connectivity index is 1.52. The van der Waals surface area contributed by atoms with Crippen LogP contribution < -0.4 is 0 Å². The molecule has 1 aromatic carbocycles. The maximum atomic E-state index is 4.62. The van der Waals surface area contributed by atoms with E-state index in [0.29, 0.717) is 0 Å². The van der Waals surface area contributed by atoms with Gasteiger partial charge in [0.1, 0.15) is 0 Å². The van der Waals surface area contributed by atoms with E-state index in [1.807, 2.05) is 25.5 Å². The molecule has 4 heteroatoms. The molecule has 23 heavy (non-hydrogen) atoms. The van der Waals surface area contributed by atoms with E-state index in [0.717, 1.165) is 38.4 Å². The molecule has 0 N–H and O–H groups in total. The number of piperazine rings is 1. The Hall–Kier alpha value is -2.07. The zero-order valence-corrected chi connectivity index (χ0v) is 14.4. The van der Waals surface area contributed by atoms with Gasteiger partial charge >= 0.3 is 0 Å². The lowest BCUT2D eigenvalue weighted by atomic mass is 10.1. The highest BCUT2D eigenvalue weighted by molar-refractivity contribution is 5.77. The van der Waals surface area contributed by atoms with Crippen LogP contribution in [0.5, 0.6) is 0 Å². The molecule has 1 fully saturated rings. The van der Waals surface area contributed by atoms with Crippen LogP contribution in [-0.4, -0.2) is 46.9 Å². The smallest absolute Gasteiger partial charge is 0.0707 e. The fourth-order valence-corrected chi connectivity index (χ4v) is 3.02. The number of hydrogen-bond donors (Lipinski definition) is 0. The lowest BCUT2D eigenvalue weighted by Crippen LogP contribution is -2.43. The first-order valence-electron chi connectivity index (χ1n) is 8.30. The van der Waals surface area contributed by atoms with Gasteiger partial charge in [-0.05, 0) is 37.1 Å². The molecular weight excluding hydrogens is 284 g/mol. The fourth-order valence-electron chi connectivity index (χ4n) is 3.02. The Labute approximate surface area is 139 Å². The standard InChI is InChI=1S/C19H26N4/c1-16-6-7-18(17(2)13-16)15-22-9-11-23(12-10-22)20-14-19-5-4-8-21(19)3/h4-8,13-14H,9-12,15H2,1-3H3/b20-14+. The van der Waals surface area contributed by atoms with Crippen LogP contribution in [0.4, 0.5) is 0 Å². The second kappa shape index (κ2) is 7.01. The van der Waals surface area contributed by atoms with Gasteiger partial charge in [0.05, 0.1) is 11.9 Å². The second-order valence-electron chi connectivity index (χ2n) is 6.45. The van der Waals surface area contributed by atoms with Crippen molar-refractivity contribution in [2.45, 2.75) is 20.4 Å². The van der Waals surface area contributed by atoms with E-state index in [4.69, 9.17) is 0 Å². The zero-order valence-electron chi connectivity index (χ0n) is 14.4. The summed E-state index contributed by atoms with van der Waals surface area (Å²) in [6.45, 7) is 9.53. The Morgan fingerprint density at radius 3 is 2.52 bits per heavy atom. The molecule has 0 aliphatic carbocycles. The summed E-state index contributed by atoms with van der Waals surface area (Å²) >= 11 is 0. The van der Waals surface area contributed by atoms with Gasteiger partial charge in [0.2, 0.25) is 0 Å². The molecule has 2 aromatic rings. The van der Waals surface area contributed by atoms with Crippen molar-refractivity contribution in [3.8, 4) is 0 Å². The molecule has 1 aliphatic heterocycles. The number of benzene rings is 1. The van der Waals surface area contributed by atoms with Crippen LogP contribution in [0, 0.1) is 13.8 Å². The van der Waals surface area contributed by atoms with E-state index in [-0.39, 0.29) is 0 Å². The Morgan fingerprint density at radius 2 is 1.87 bits per heavy atom. The van der Waals surface area contributed by atoms with Crippen molar-refractivity contribution in [2.24, 2.45) is 12.1 Å². The van der Waals surface area contributed by atoms with Crippen LogP contribution in [0.15, 0.2) is 41.6 Å². The summed E-state index contributed by atoms with van der Waals surface area (Å²) in [5, 5.41) is 6.79. The quantitative estimate of drug-likeness (QED) is 0.811. The molecule has 0 radical (unpaired) electrons. The molecule has 0 unspecified atom stereocenters. The molecule has 3 rings (SSSR count). The van der Waals surface area contributed by atoms with E-state index in [1.165, 1.54) is 16.7 Å². The number of nitrogens with zero attached hydrogens (tertiary/aromatic N) is 4. The van der Waals surface area contributed by atoms with Gasteiger partial charge < -0.3 is 4.57 Å². The first-order valence-corrected chi connectivity index (χ1v) is 8.30. The SMILES string of the molecule is Cc1ccc(CN2CCN(/N=C/c3cccn3C)CC2)c(C)c1. The lowest BCUT2D eigenvalue weighted by Gasteiger charge is -2.33. The molecule has 1 aliphatic rings. The third kappa shape index (κ3) is 4.02. The maximum Gasteiger partial charge on any atom is 0.0707 e. The molecule has 0 spiro atoms. The molecule has 1 saturated heterocycles. The van der Waals surface area contributed by atoms with Gasteiger partial charge in [0.15, 0.2) is 0 Å². The zero-order chi connectivity index (χ0) is 16.2. The largest absolute Gasteiger partial charge is 0.350 e. The molecule has 4 nitrogen and oxygen atoms in total. The van der Waals surface area contributed by atoms with E-state index >= 15 is 0 Å². The van der Waals surface area contributed by atoms with Gasteiger partial charge in [-0.2, -0.15) is 5.10 Å². The molecule has 2 heterocycles.